The average Bonchev–Trinajstić information content (AvgIpc) is 2.34. The number of hydrogen-bond acceptors (Lipinski definition) is 3. The Morgan fingerprint density at radius 1 is 1.25 bits per heavy atom. The fourth-order valence-electron chi connectivity index (χ4n) is 1.80. The van der Waals surface area contributed by atoms with Crippen LogP contribution in [-0.2, 0) is 4.74 Å². The lowest BCUT2D eigenvalue weighted by atomic mass is 10.2. The molecule has 0 aromatic heterocycles. The molecule has 1 aromatic rings. The van der Waals surface area contributed by atoms with Crippen molar-refractivity contribution in [2.45, 2.75) is 0 Å². The molecule has 3 nitrogen and oxygen atoms in total. The highest BCUT2D eigenvalue weighted by atomic mass is 32.2. The second kappa shape index (κ2) is 5.37. The van der Waals surface area contributed by atoms with E-state index in [0.29, 0.717) is 5.75 Å². The normalized spacial score (nSPS) is 16.2. The van der Waals surface area contributed by atoms with Gasteiger partial charge in [-0.3, -0.25) is 0 Å². The molecule has 0 amide bonds. The van der Waals surface area contributed by atoms with E-state index in [4.69, 9.17) is 4.74 Å². The molecular weight excluding hydrogens is 222 g/mol. The van der Waals surface area contributed by atoms with Crippen molar-refractivity contribution < 1.29 is 14.4 Å². The summed E-state index contributed by atoms with van der Waals surface area (Å²) in [5, 5.41) is 10.5. The predicted molar refractivity (Wildman–Crippen MR) is 66.5 cm³/mol. The van der Waals surface area contributed by atoms with Gasteiger partial charge in [-0.1, -0.05) is 11.8 Å². The lowest BCUT2D eigenvalue weighted by molar-refractivity contribution is -0.546. The van der Waals surface area contributed by atoms with E-state index in [2.05, 4.69) is 10.8 Å². The second-order valence-electron chi connectivity index (χ2n) is 3.66. The van der Waals surface area contributed by atoms with Gasteiger partial charge in [0.15, 0.2) is 13.1 Å². The van der Waals surface area contributed by atoms with Crippen LogP contribution >= 0.6 is 11.8 Å². The Bertz CT molecular complexity index is 379. The number of nitrogens with zero attached hydrogens (tertiary/aromatic N) is 1. The third kappa shape index (κ3) is 2.57. The zero-order chi connectivity index (χ0) is 11.4. The highest BCUT2D eigenvalue weighted by molar-refractivity contribution is 8.13. The number of phenols is 1. The lowest BCUT2D eigenvalue weighted by Crippen LogP contribution is -2.32. The van der Waals surface area contributed by atoms with Gasteiger partial charge in [0, 0.05) is 0 Å². The molecule has 1 aliphatic rings. The van der Waals surface area contributed by atoms with Crippen molar-refractivity contribution in [1.29, 1.82) is 0 Å². The maximum absolute atomic E-state index is 9.27. The van der Waals surface area contributed by atoms with E-state index in [-0.39, 0.29) is 0 Å². The third-order valence-electron chi connectivity index (χ3n) is 2.61. The highest BCUT2D eigenvalue weighted by Gasteiger charge is 2.19. The summed E-state index contributed by atoms with van der Waals surface area (Å²) < 4.78 is 7.68. The number of hydrogen-bond donors (Lipinski definition) is 1. The van der Waals surface area contributed by atoms with E-state index >= 15 is 0 Å². The molecule has 0 bridgehead atoms. The fraction of sp³-hybridized carbons (Fsp3) is 0.417. The summed E-state index contributed by atoms with van der Waals surface area (Å²) in [5.41, 5.74) is 1.16. The van der Waals surface area contributed by atoms with Crippen molar-refractivity contribution in [1.82, 2.24) is 0 Å². The van der Waals surface area contributed by atoms with Crippen LogP contribution in [0.25, 0.3) is 0 Å². The standard InChI is InChI=1S/C12H15NO2S/c1-16-12(13-6-8-15-9-7-13)10-2-4-11(14)5-3-10/h2-5H,6-9H2,1H3/p+1. The van der Waals surface area contributed by atoms with Gasteiger partial charge >= 0.3 is 0 Å². The molecule has 0 radical (unpaired) electrons. The van der Waals surface area contributed by atoms with Crippen LogP contribution in [0.15, 0.2) is 24.3 Å². The van der Waals surface area contributed by atoms with E-state index in [1.54, 1.807) is 23.9 Å². The molecule has 86 valence electrons. The van der Waals surface area contributed by atoms with Gasteiger partial charge in [0.1, 0.15) is 19.0 Å². The maximum atomic E-state index is 9.27. The summed E-state index contributed by atoms with van der Waals surface area (Å²) in [4.78, 5) is 0. The highest BCUT2D eigenvalue weighted by Crippen LogP contribution is 2.15. The number of morpholine rings is 1. The van der Waals surface area contributed by atoms with Gasteiger partial charge in [-0.2, -0.15) is 0 Å². The van der Waals surface area contributed by atoms with Crippen LogP contribution in [0.2, 0.25) is 0 Å². The predicted octanol–water partition coefficient (Wildman–Crippen LogP) is 1.54. The minimum absolute atomic E-state index is 0.311. The van der Waals surface area contributed by atoms with Crippen molar-refractivity contribution >= 4 is 16.8 Å². The molecule has 1 aliphatic heterocycles. The topological polar surface area (TPSA) is 32.5 Å². The molecule has 1 aromatic carbocycles. The Morgan fingerprint density at radius 2 is 1.88 bits per heavy atom. The molecule has 1 heterocycles. The van der Waals surface area contributed by atoms with Crippen LogP contribution in [0, 0.1) is 0 Å². The number of phenolic OH excluding ortho intramolecular Hbond substituents is 1. The first-order chi connectivity index (χ1) is 7.81. The Hall–Kier alpha value is -1.00. The summed E-state index contributed by atoms with van der Waals surface area (Å²) in [5.74, 6) is 0.311. The van der Waals surface area contributed by atoms with Gasteiger partial charge in [-0.05, 0) is 30.5 Å². The van der Waals surface area contributed by atoms with Crippen LogP contribution < -0.4 is 0 Å². The van der Waals surface area contributed by atoms with Crippen molar-refractivity contribution in [3.05, 3.63) is 29.8 Å². The van der Waals surface area contributed by atoms with E-state index in [1.165, 1.54) is 5.04 Å². The Morgan fingerprint density at radius 3 is 2.44 bits per heavy atom. The first-order valence-electron chi connectivity index (χ1n) is 5.34. The molecule has 0 spiro atoms. The van der Waals surface area contributed by atoms with Gasteiger partial charge in [-0.25, -0.2) is 4.58 Å². The third-order valence-corrected chi connectivity index (χ3v) is 3.49. The summed E-state index contributed by atoms with van der Waals surface area (Å²) >= 11 is 1.74. The van der Waals surface area contributed by atoms with Gasteiger partial charge in [-0.15, -0.1) is 0 Å². The number of aromatic hydroxyl groups is 1. The number of benzene rings is 1. The minimum atomic E-state index is 0.311. The fourth-order valence-corrected chi connectivity index (χ4v) is 2.61. The van der Waals surface area contributed by atoms with E-state index in [0.717, 1.165) is 31.9 Å². The minimum Gasteiger partial charge on any atom is -0.508 e. The van der Waals surface area contributed by atoms with Crippen molar-refractivity contribution in [2.24, 2.45) is 0 Å². The molecule has 1 fully saturated rings. The summed E-state index contributed by atoms with van der Waals surface area (Å²) in [6, 6.07) is 7.37. The maximum Gasteiger partial charge on any atom is 0.241 e. The van der Waals surface area contributed by atoms with E-state index in [9.17, 15) is 5.11 Å². The summed E-state index contributed by atoms with van der Waals surface area (Å²) in [6.07, 6.45) is 2.08. The van der Waals surface area contributed by atoms with Crippen LogP contribution in [0.5, 0.6) is 5.75 Å². The quantitative estimate of drug-likeness (QED) is 0.595. The Labute approximate surface area is 99.8 Å². The van der Waals surface area contributed by atoms with E-state index in [1.807, 2.05) is 12.1 Å². The number of rotatable bonds is 1. The largest absolute Gasteiger partial charge is 0.508 e. The molecule has 0 saturated carbocycles. The molecule has 1 saturated heterocycles. The Kier molecular flexibility index (Phi) is 3.85. The van der Waals surface area contributed by atoms with Gasteiger partial charge in [0.25, 0.3) is 0 Å². The average molecular weight is 238 g/mol. The molecule has 1 N–H and O–H groups in total. The molecule has 2 rings (SSSR count). The molecule has 4 heteroatoms. The van der Waals surface area contributed by atoms with Crippen molar-refractivity contribution in [3.63, 3.8) is 0 Å². The van der Waals surface area contributed by atoms with Crippen LogP contribution in [0.3, 0.4) is 0 Å². The Balaban J connectivity index is 2.30. The van der Waals surface area contributed by atoms with Gasteiger partial charge in [0.2, 0.25) is 5.04 Å². The smallest absolute Gasteiger partial charge is 0.241 e. The second-order valence-corrected chi connectivity index (χ2v) is 4.45. The molecule has 0 aliphatic carbocycles. The molecule has 0 atom stereocenters. The van der Waals surface area contributed by atoms with E-state index < -0.39 is 0 Å². The van der Waals surface area contributed by atoms with Crippen molar-refractivity contribution in [3.8, 4) is 5.75 Å². The van der Waals surface area contributed by atoms with Gasteiger partial charge in [0.05, 0.1) is 5.56 Å². The van der Waals surface area contributed by atoms with Crippen LogP contribution in [0.1, 0.15) is 5.56 Å². The molecule has 0 unspecified atom stereocenters. The van der Waals surface area contributed by atoms with Gasteiger partial charge < -0.3 is 9.84 Å². The monoisotopic (exact) mass is 238 g/mol. The van der Waals surface area contributed by atoms with Crippen molar-refractivity contribution in [2.75, 3.05) is 32.6 Å². The van der Waals surface area contributed by atoms with Crippen LogP contribution in [0.4, 0.5) is 0 Å². The molecule has 16 heavy (non-hydrogen) atoms. The first-order valence-corrected chi connectivity index (χ1v) is 6.57. The summed E-state index contributed by atoms with van der Waals surface area (Å²) in [7, 11) is 0. The zero-order valence-corrected chi connectivity index (χ0v) is 10.2. The lowest BCUT2D eigenvalue weighted by Gasteiger charge is -2.14. The summed E-state index contributed by atoms with van der Waals surface area (Å²) in [6.45, 7) is 3.47. The molecular formula is C12H16NO2S+. The first kappa shape index (κ1) is 11.5. The number of ether oxygens (including phenoxy) is 1. The van der Waals surface area contributed by atoms with Crippen LogP contribution in [-0.4, -0.2) is 47.3 Å². The number of thioether (sulfide) groups is 1. The SMILES string of the molecule is CSC(c1ccc(O)cc1)=[N+]1CCOCC1. The zero-order valence-electron chi connectivity index (χ0n) is 9.35.